The van der Waals surface area contributed by atoms with Gasteiger partial charge in [0.05, 0.1) is 4.90 Å². The summed E-state index contributed by atoms with van der Waals surface area (Å²) in [6.45, 7) is 0.971. The van der Waals surface area contributed by atoms with Crippen LogP contribution in [0.15, 0.2) is 47.4 Å². The molecule has 0 saturated carbocycles. The van der Waals surface area contributed by atoms with Crippen LogP contribution in [0, 0.1) is 0 Å². The highest BCUT2D eigenvalue weighted by atomic mass is 35.5. The Kier molecular flexibility index (Phi) is 6.46. The third-order valence-corrected chi connectivity index (χ3v) is 5.26. The molecule has 8 heteroatoms. The van der Waals surface area contributed by atoms with Gasteiger partial charge in [-0.3, -0.25) is 0 Å². The molecule has 2 aromatic rings. The van der Waals surface area contributed by atoms with E-state index in [0.29, 0.717) is 33.1 Å². The Morgan fingerprint density at radius 2 is 1.67 bits per heavy atom. The zero-order chi connectivity index (χ0) is 17.7. The first-order valence-electron chi connectivity index (χ1n) is 7.00. The van der Waals surface area contributed by atoms with E-state index >= 15 is 0 Å². The SMILES string of the molecule is CS(=O)(=O)c1ccc(CNC(=S)NCc2ccc(Cl)cc2Cl)cc1. The van der Waals surface area contributed by atoms with Gasteiger partial charge in [-0.15, -0.1) is 0 Å². The van der Waals surface area contributed by atoms with Crippen LogP contribution in [0.3, 0.4) is 0 Å². The molecule has 0 aliphatic rings. The molecule has 24 heavy (non-hydrogen) atoms. The van der Waals surface area contributed by atoms with Crippen molar-refractivity contribution < 1.29 is 8.42 Å². The van der Waals surface area contributed by atoms with Crippen LogP contribution in [-0.2, 0) is 22.9 Å². The molecule has 2 N–H and O–H groups in total. The van der Waals surface area contributed by atoms with Crippen LogP contribution >= 0.6 is 35.4 Å². The lowest BCUT2D eigenvalue weighted by molar-refractivity contribution is 0.602. The fraction of sp³-hybridized carbons (Fsp3) is 0.188. The van der Waals surface area contributed by atoms with Gasteiger partial charge in [-0.2, -0.15) is 0 Å². The highest BCUT2D eigenvalue weighted by Gasteiger charge is 2.06. The van der Waals surface area contributed by atoms with Crippen molar-refractivity contribution in [2.45, 2.75) is 18.0 Å². The third-order valence-electron chi connectivity index (χ3n) is 3.26. The van der Waals surface area contributed by atoms with Crippen LogP contribution in [0.2, 0.25) is 10.0 Å². The number of thiocarbonyl (C=S) groups is 1. The van der Waals surface area contributed by atoms with E-state index in [9.17, 15) is 8.42 Å². The van der Waals surface area contributed by atoms with E-state index in [1.165, 1.54) is 6.26 Å². The van der Waals surface area contributed by atoms with Gasteiger partial charge < -0.3 is 10.6 Å². The summed E-state index contributed by atoms with van der Waals surface area (Å²) in [5.41, 5.74) is 1.82. The second kappa shape index (κ2) is 8.16. The molecule has 0 aliphatic carbocycles. The normalized spacial score (nSPS) is 11.1. The summed E-state index contributed by atoms with van der Waals surface area (Å²) >= 11 is 17.2. The van der Waals surface area contributed by atoms with Crippen LogP contribution in [0.1, 0.15) is 11.1 Å². The highest BCUT2D eigenvalue weighted by Crippen LogP contribution is 2.20. The van der Waals surface area contributed by atoms with Crippen molar-refractivity contribution >= 4 is 50.4 Å². The van der Waals surface area contributed by atoms with Crippen LogP contribution in [0.4, 0.5) is 0 Å². The standard InChI is InChI=1S/C16H16Cl2N2O2S2/c1-24(21,22)14-6-2-11(3-7-14)9-19-16(23)20-10-12-4-5-13(17)8-15(12)18/h2-8H,9-10H2,1H3,(H2,19,20,23). The maximum Gasteiger partial charge on any atom is 0.175 e. The van der Waals surface area contributed by atoms with Crippen molar-refractivity contribution in [2.75, 3.05) is 6.26 Å². The van der Waals surface area contributed by atoms with E-state index in [-0.39, 0.29) is 0 Å². The van der Waals surface area contributed by atoms with Crippen molar-refractivity contribution in [1.82, 2.24) is 10.6 Å². The van der Waals surface area contributed by atoms with Gasteiger partial charge in [-0.1, -0.05) is 41.4 Å². The second-order valence-electron chi connectivity index (χ2n) is 5.19. The molecule has 0 unspecified atom stereocenters. The average molecular weight is 403 g/mol. The Morgan fingerprint density at radius 1 is 1.04 bits per heavy atom. The van der Waals surface area contributed by atoms with Crippen LogP contribution in [0.25, 0.3) is 0 Å². The molecule has 128 valence electrons. The fourth-order valence-electron chi connectivity index (χ4n) is 1.94. The van der Waals surface area contributed by atoms with Gasteiger partial charge in [-0.05, 0) is 47.6 Å². The molecule has 4 nitrogen and oxygen atoms in total. The topological polar surface area (TPSA) is 58.2 Å². The van der Waals surface area contributed by atoms with Crippen molar-refractivity contribution in [2.24, 2.45) is 0 Å². The molecule has 2 aromatic carbocycles. The van der Waals surface area contributed by atoms with E-state index in [2.05, 4.69) is 10.6 Å². The number of nitrogens with one attached hydrogen (secondary N) is 2. The monoisotopic (exact) mass is 402 g/mol. The van der Waals surface area contributed by atoms with Gasteiger partial charge >= 0.3 is 0 Å². The largest absolute Gasteiger partial charge is 0.359 e. The Hall–Kier alpha value is -1.34. The Labute approximate surface area is 157 Å². The summed E-state index contributed by atoms with van der Waals surface area (Å²) in [7, 11) is -3.18. The lowest BCUT2D eigenvalue weighted by atomic mass is 10.2. The molecular formula is C16H16Cl2N2O2S2. The van der Waals surface area contributed by atoms with E-state index in [1.807, 2.05) is 6.07 Å². The quantitative estimate of drug-likeness (QED) is 0.748. The minimum absolute atomic E-state index is 0.296. The van der Waals surface area contributed by atoms with Gasteiger partial charge in [0.2, 0.25) is 0 Å². The first-order chi connectivity index (χ1) is 11.3. The molecule has 0 spiro atoms. The molecule has 0 bridgehead atoms. The van der Waals surface area contributed by atoms with Gasteiger partial charge in [0, 0.05) is 29.4 Å². The molecule has 0 heterocycles. The Morgan fingerprint density at radius 3 is 2.25 bits per heavy atom. The van der Waals surface area contributed by atoms with Crippen molar-refractivity contribution in [1.29, 1.82) is 0 Å². The first kappa shape index (κ1) is 19.0. The molecule has 0 fully saturated rings. The molecule has 0 radical (unpaired) electrons. The number of hydrogen-bond donors (Lipinski definition) is 2. The third kappa shape index (κ3) is 5.63. The second-order valence-corrected chi connectivity index (χ2v) is 8.46. The molecular weight excluding hydrogens is 387 g/mol. The Balaban J connectivity index is 1.85. The van der Waals surface area contributed by atoms with E-state index in [4.69, 9.17) is 35.4 Å². The van der Waals surface area contributed by atoms with Crippen LogP contribution < -0.4 is 10.6 Å². The van der Waals surface area contributed by atoms with E-state index in [1.54, 1.807) is 36.4 Å². The van der Waals surface area contributed by atoms with E-state index < -0.39 is 9.84 Å². The summed E-state index contributed by atoms with van der Waals surface area (Å²) in [6, 6.07) is 11.9. The summed E-state index contributed by atoms with van der Waals surface area (Å²) in [5.74, 6) is 0. The lowest BCUT2D eigenvalue weighted by Gasteiger charge is -2.12. The summed E-state index contributed by atoms with van der Waals surface area (Å²) in [4.78, 5) is 0.296. The van der Waals surface area contributed by atoms with Crippen LogP contribution in [0.5, 0.6) is 0 Å². The number of sulfone groups is 1. The van der Waals surface area contributed by atoms with Gasteiger partial charge in [0.25, 0.3) is 0 Å². The minimum atomic E-state index is -3.18. The average Bonchev–Trinajstić information content (AvgIpc) is 2.51. The zero-order valence-electron chi connectivity index (χ0n) is 12.8. The molecule has 0 aromatic heterocycles. The molecule has 0 aliphatic heterocycles. The smallest absolute Gasteiger partial charge is 0.175 e. The van der Waals surface area contributed by atoms with Gasteiger partial charge in [-0.25, -0.2) is 8.42 Å². The molecule has 0 saturated heterocycles. The summed E-state index contributed by atoms with van der Waals surface area (Å²) in [6.07, 6.45) is 1.18. The maximum absolute atomic E-state index is 11.4. The predicted molar refractivity (Wildman–Crippen MR) is 102 cm³/mol. The first-order valence-corrected chi connectivity index (χ1v) is 10.1. The summed E-state index contributed by atoms with van der Waals surface area (Å²) in [5, 5.41) is 7.76. The van der Waals surface area contributed by atoms with Crippen molar-refractivity contribution in [3.05, 3.63) is 63.6 Å². The maximum atomic E-state index is 11.4. The van der Waals surface area contributed by atoms with Crippen molar-refractivity contribution in [3.63, 3.8) is 0 Å². The number of halogens is 2. The number of rotatable bonds is 5. The minimum Gasteiger partial charge on any atom is -0.359 e. The predicted octanol–water partition coefficient (Wildman–Crippen LogP) is 3.56. The van der Waals surface area contributed by atoms with E-state index in [0.717, 1.165) is 11.1 Å². The van der Waals surface area contributed by atoms with Crippen molar-refractivity contribution in [3.8, 4) is 0 Å². The van der Waals surface area contributed by atoms with Gasteiger partial charge in [0.15, 0.2) is 14.9 Å². The number of benzene rings is 2. The number of hydrogen-bond acceptors (Lipinski definition) is 3. The zero-order valence-corrected chi connectivity index (χ0v) is 16.0. The molecule has 0 atom stereocenters. The molecule has 0 amide bonds. The molecule has 2 rings (SSSR count). The van der Waals surface area contributed by atoms with Crippen LogP contribution in [-0.4, -0.2) is 19.8 Å². The Bertz CT molecular complexity index is 838. The highest BCUT2D eigenvalue weighted by molar-refractivity contribution is 7.90. The van der Waals surface area contributed by atoms with Gasteiger partial charge in [0.1, 0.15) is 0 Å². The summed E-state index contributed by atoms with van der Waals surface area (Å²) < 4.78 is 22.8. The lowest BCUT2D eigenvalue weighted by Crippen LogP contribution is -2.34. The fourth-order valence-corrected chi connectivity index (χ4v) is 3.19.